The molecule has 1 aliphatic rings. The van der Waals surface area contributed by atoms with Crippen molar-refractivity contribution in [2.24, 2.45) is 0 Å². The van der Waals surface area contributed by atoms with Gasteiger partial charge in [0.05, 0.1) is 26.3 Å². The number of anilines is 1. The van der Waals surface area contributed by atoms with Crippen LogP contribution >= 0.6 is 0 Å². The Bertz CT molecular complexity index is 960. The predicted octanol–water partition coefficient (Wildman–Crippen LogP) is 3.57. The zero-order chi connectivity index (χ0) is 18.8. The van der Waals surface area contributed by atoms with E-state index in [1.54, 1.807) is 14.2 Å². The number of likely N-dealkylation sites (tertiary alicyclic amines) is 1. The fraction of sp³-hybridized carbons (Fsp3) is 0.333. The van der Waals surface area contributed by atoms with Crippen molar-refractivity contribution in [2.45, 2.75) is 25.4 Å². The molecule has 2 aromatic carbocycles. The number of ether oxygens (including phenoxy) is 2. The quantitative estimate of drug-likeness (QED) is 0.746. The van der Waals surface area contributed by atoms with Crippen LogP contribution in [0, 0.1) is 0 Å². The fourth-order valence-electron chi connectivity index (χ4n) is 3.86. The molecule has 1 unspecified atom stereocenters. The van der Waals surface area contributed by atoms with Gasteiger partial charge in [0.1, 0.15) is 23.1 Å². The van der Waals surface area contributed by atoms with E-state index in [1.165, 1.54) is 5.56 Å². The molecule has 0 bridgehead atoms. The van der Waals surface area contributed by atoms with Crippen LogP contribution in [0.3, 0.4) is 0 Å². The number of para-hydroxylation sites is 1. The van der Waals surface area contributed by atoms with E-state index in [9.17, 15) is 0 Å². The van der Waals surface area contributed by atoms with Crippen LogP contribution in [0.4, 0.5) is 5.82 Å². The van der Waals surface area contributed by atoms with Crippen LogP contribution in [-0.4, -0.2) is 35.6 Å². The third-order valence-electron chi connectivity index (χ3n) is 5.19. The van der Waals surface area contributed by atoms with Crippen molar-refractivity contribution in [1.29, 1.82) is 0 Å². The molecule has 0 aliphatic carbocycles. The highest BCUT2D eigenvalue weighted by atomic mass is 16.5. The summed E-state index contributed by atoms with van der Waals surface area (Å²) in [5, 5.41) is 0.899. The van der Waals surface area contributed by atoms with Crippen LogP contribution in [0.5, 0.6) is 11.5 Å². The SMILES string of the molecule is COc1ccc(C2CCCN2Cc2nc(N)c3ccccc3n2)c(OC)c1. The van der Waals surface area contributed by atoms with Gasteiger partial charge in [-0.25, -0.2) is 9.97 Å². The second-order valence-electron chi connectivity index (χ2n) is 6.78. The molecule has 140 valence electrons. The van der Waals surface area contributed by atoms with E-state index in [4.69, 9.17) is 20.2 Å². The highest BCUT2D eigenvalue weighted by Gasteiger charge is 2.29. The Morgan fingerprint density at radius 2 is 1.96 bits per heavy atom. The van der Waals surface area contributed by atoms with E-state index >= 15 is 0 Å². The lowest BCUT2D eigenvalue weighted by molar-refractivity contribution is 0.237. The molecule has 6 nitrogen and oxygen atoms in total. The van der Waals surface area contributed by atoms with Crippen molar-refractivity contribution in [2.75, 3.05) is 26.5 Å². The fourth-order valence-corrected chi connectivity index (χ4v) is 3.86. The Labute approximate surface area is 158 Å². The van der Waals surface area contributed by atoms with Crippen LogP contribution < -0.4 is 15.2 Å². The molecule has 6 heteroatoms. The zero-order valence-corrected chi connectivity index (χ0v) is 15.7. The van der Waals surface area contributed by atoms with Crippen LogP contribution in [-0.2, 0) is 6.54 Å². The van der Waals surface area contributed by atoms with Crippen molar-refractivity contribution in [3.8, 4) is 11.5 Å². The van der Waals surface area contributed by atoms with Crippen LogP contribution in [0.2, 0.25) is 0 Å². The maximum atomic E-state index is 6.15. The summed E-state index contributed by atoms with van der Waals surface area (Å²) in [5.41, 5.74) is 8.21. The number of aromatic nitrogens is 2. The molecular formula is C21H24N4O2. The zero-order valence-electron chi connectivity index (χ0n) is 15.7. The van der Waals surface area contributed by atoms with E-state index in [1.807, 2.05) is 36.4 Å². The molecule has 27 heavy (non-hydrogen) atoms. The highest BCUT2D eigenvalue weighted by molar-refractivity contribution is 5.87. The summed E-state index contributed by atoms with van der Waals surface area (Å²) in [7, 11) is 3.36. The van der Waals surface area contributed by atoms with Gasteiger partial charge < -0.3 is 15.2 Å². The molecule has 0 amide bonds. The Hall–Kier alpha value is -2.86. The van der Waals surface area contributed by atoms with Gasteiger partial charge in [-0.05, 0) is 37.6 Å². The van der Waals surface area contributed by atoms with E-state index in [0.29, 0.717) is 12.4 Å². The van der Waals surface area contributed by atoms with Gasteiger partial charge in [-0.3, -0.25) is 4.90 Å². The summed E-state index contributed by atoms with van der Waals surface area (Å²) in [6.07, 6.45) is 2.20. The van der Waals surface area contributed by atoms with Crippen molar-refractivity contribution >= 4 is 16.7 Å². The average Bonchev–Trinajstić information content (AvgIpc) is 3.15. The van der Waals surface area contributed by atoms with E-state index in [0.717, 1.165) is 47.6 Å². The van der Waals surface area contributed by atoms with Gasteiger partial charge in [0.25, 0.3) is 0 Å². The molecule has 1 fully saturated rings. The van der Waals surface area contributed by atoms with E-state index < -0.39 is 0 Å². The first kappa shape index (κ1) is 17.5. The maximum absolute atomic E-state index is 6.15. The minimum absolute atomic E-state index is 0.266. The standard InChI is InChI=1S/C21H24N4O2/c1-26-14-9-10-16(19(12-14)27-2)18-8-5-11-25(18)13-20-23-17-7-4-3-6-15(17)21(22)24-20/h3-4,6-7,9-10,12,18H,5,8,11,13H2,1-2H3,(H2,22,23,24). The van der Waals surface area contributed by atoms with Crippen molar-refractivity contribution in [3.05, 3.63) is 53.9 Å². The largest absolute Gasteiger partial charge is 0.497 e. The van der Waals surface area contributed by atoms with Gasteiger partial charge in [-0.1, -0.05) is 18.2 Å². The number of benzene rings is 2. The summed E-state index contributed by atoms with van der Waals surface area (Å²) < 4.78 is 10.9. The second kappa shape index (κ2) is 7.40. The molecule has 0 radical (unpaired) electrons. The first-order valence-electron chi connectivity index (χ1n) is 9.16. The number of nitrogens with two attached hydrogens (primary N) is 1. The molecular weight excluding hydrogens is 340 g/mol. The Morgan fingerprint density at radius 3 is 2.78 bits per heavy atom. The van der Waals surface area contributed by atoms with Crippen molar-refractivity contribution in [3.63, 3.8) is 0 Å². The van der Waals surface area contributed by atoms with Gasteiger partial charge in [-0.2, -0.15) is 0 Å². The minimum atomic E-state index is 0.266. The molecule has 2 heterocycles. The number of hydrogen-bond donors (Lipinski definition) is 1. The molecule has 0 spiro atoms. The number of nitrogens with zero attached hydrogens (tertiary/aromatic N) is 3. The van der Waals surface area contributed by atoms with E-state index in [2.05, 4.69) is 16.0 Å². The molecule has 1 atom stereocenters. The lowest BCUT2D eigenvalue weighted by atomic mass is 10.0. The number of methoxy groups -OCH3 is 2. The van der Waals surface area contributed by atoms with Gasteiger partial charge in [0.15, 0.2) is 0 Å². The maximum Gasteiger partial charge on any atom is 0.145 e. The average molecular weight is 364 g/mol. The monoisotopic (exact) mass is 364 g/mol. The minimum Gasteiger partial charge on any atom is -0.497 e. The summed E-state index contributed by atoms with van der Waals surface area (Å²) >= 11 is 0. The van der Waals surface area contributed by atoms with Crippen molar-refractivity contribution < 1.29 is 9.47 Å². The van der Waals surface area contributed by atoms with Gasteiger partial charge in [-0.15, -0.1) is 0 Å². The lowest BCUT2D eigenvalue weighted by Gasteiger charge is -2.26. The molecule has 1 saturated heterocycles. The second-order valence-corrected chi connectivity index (χ2v) is 6.78. The molecule has 1 aliphatic heterocycles. The van der Waals surface area contributed by atoms with Crippen molar-refractivity contribution in [1.82, 2.24) is 14.9 Å². The van der Waals surface area contributed by atoms with Gasteiger partial charge >= 0.3 is 0 Å². The number of hydrogen-bond acceptors (Lipinski definition) is 6. The predicted molar refractivity (Wildman–Crippen MR) is 106 cm³/mol. The summed E-state index contributed by atoms with van der Waals surface area (Å²) in [4.78, 5) is 11.6. The smallest absolute Gasteiger partial charge is 0.145 e. The van der Waals surface area contributed by atoms with Gasteiger partial charge in [0.2, 0.25) is 0 Å². The first-order chi connectivity index (χ1) is 13.2. The number of rotatable bonds is 5. The third-order valence-corrected chi connectivity index (χ3v) is 5.19. The summed E-state index contributed by atoms with van der Waals surface area (Å²) in [6.45, 7) is 1.66. The Morgan fingerprint density at radius 1 is 1.11 bits per heavy atom. The van der Waals surface area contributed by atoms with Crippen LogP contribution in [0.1, 0.15) is 30.3 Å². The first-order valence-corrected chi connectivity index (χ1v) is 9.16. The molecule has 0 saturated carbocycles. The van der Waals surface area contributed by atoms with Gasteiger partial charge in [0, 0.05) is 23.1 Å². The topological polar surface area (TPSA) is 73.5 Å². The highest BCUT2D eigenvalue weighted by Crippen LogP contribution is 2.39. The third kappa shape index (κ3) is 3.40. The molecule has 3 aromatic rings. The number of fused-ring (bicyclic) bond motifs is 1. The van der Waals surface area contributed by atoms with E-state index in [-0.39, 0.29) is 6.04 Å². The Balaban J connectivity index is 1.63. The summed E-state index contributed by atoms with van der Waals surface area (Å²) in [5.74, 6) is 2.94. The molecule has 1 aromatic heterocycles. The normalized spacial score (nSPS) is 17.3. The molecule has 2 N–H and O–H groups in total. The van der Waals surface area contributed by atoms with Crippen LogP contribution in [0.25, 0.3) is 10.9 Å². The number of nitrogen functional groups attached to an aromatic ring is 1. The van der Waals surface area contributed by atoms with Crippen LogP contribution in [0.15, 0.2) is 42.5 Å². The lowest BCUT2D eigenvalue weighted by Crippen LogP contribution is -2.24. The Kier molecular flexibility index (Phi) is 4.81. The summed E-state index contributed by atoms with van der Waals surface area (Å²) in [6, 6.07) is 14.1. The molecule has 4 rings (SSSR count).